The van der Waals surface area contributed by atoms with Crippen molar-refractivity contribution in [2.24, 2.45) is 0 Å². The Hall–Kier alpha value is -5.37. The van der Waals surface area contributed by atoms with Crippen LogP contribution in [0.5, 0.6) is 0 Å². The summed E-state index contributed by atoms with van der Waals surface area (Å²) in [6, 6.07) is 28.1. The number of anilines is 2. The molecule has 6 rings (SSSR count). The first-order valence-electron chi connectivity index (χ1n) is 11.6. The van der Waals surface area contributed by atoms with E-state index in [0.717, 1.165) is 22.5 Å². The van der Waals surface area contributed by atoms with E-state index in [-0.39, 0.29) is 5.91 Å². The second kappa shape index (κ2) is 9.35. The minimum absolute atomic E-state index is 0.172. The van der Waals surface area contributed by atoms with Gasteiger partial charge in [0, 0.05) is 41.1 Å². The van der Waals surface area contributed by atoms with Crippen LogP contribution in [0.15, 0.2) is 110 Å². The molecule has 4 heterocycles. The Morgan fingerprint density at radius 1 is 0.784 bits per heavy atom. The lowest BCUT2D eigenvalue weighted by atomic mass is 10.2. The molecular formula is C29H21N7O. The number of carbonyl (C=O) groups is 1. The predicted octanol–water partition coefficient (Wildman–Crippen LogP) is 5.38. The topological polar surface area (TPSA) is 112 Å². The molecule has 0 unspecified atom stereocenters. The third-order valence-electron chi connectivity index (χ3n) is 5.98. The number of hydrogen-bond donors (Lipinski definition) is 2. The molecule has 0 aliphatic rings. The molecule has 3 N–H and O–H groups in total. The number of benzene rings is 2. The number of nitrogens with one attached hydrogen (secondary N) is 1. The van der Waals surface area contributed by atoms with Gasteiger partial charge in [-0.1, -0.05) is 18.2 Å². The molecule has 0 aliphatic heterocycles. The van der Waals surface area contributed by atoms with Crippen LogP contribution in [0.1, 0.15) is 10.4 Å². The van der Waals surface area contributed by atoms with E-state index in [4.69, 9.17) is 15.7 Å². The molecule has 8 nitrogen and oxygen atoms in total. The van der Waals surface area contributed by atoms with E-state index >= 15 is 0 Å². The van der Waals surface area contributed by atoms with Crippen LogP contribution in [-0.2, 0) is 0 Å². The molecule has 0 fully saturated rings. The average Bonchev–Trinajstić information content (AvgIpc) is 3.33. The third kappa shape index (κ3) is 4.28. The minimum atomic E-state index is -0.172. The van der Waals surface area contributed by atoms with Crippen LogP contribution in [0.3, 0.4) is 0 Å². The van der Waals surface area contributed by atoms with Gasteiger partial charge in [0.25, 0.3) is 5.91 Å². The molecular weight excluding hydrogens is 462 g/mol. The first-order chi connectivity index (χ1) is 18.2. The van der Waals surface area contributed by atoms with Crippen LogP contribution in [-0.4, -0.2) is 30.4 Å². The van der Waals surface area contributed by atoms with E-state index in [2.05, 4.69) is 15.3 Å². The van der Waals surface area contributed by atoms with Crippen LogP contribution in [0.2, 0.25) is 0 Å². The van der Waals surface area contributed by atoms with Crippen LogP contribution in [0.4, 0.5) is 11.5 Å². The lowest BCUT2D eigenvalue weighted by Crippen LogP contribution is -2.11. The zero-order valence-corrected chi connectivity index (χ0v) is 19.6. The number of aromatic nitrogens is 5. The van der Waals surface area contributed by atoms with E-state index in [1.54, 1.807) is 30.7 Å². The summed E-state index contributed by atoms with van der Waals surface area (Å²) in [6.45, 7) is 0. The van der Waals surface area contributed by atoms with Crippen molar-refractivity contribution in [2.45, 2.75) is 0 Å². The minimum Gasteiger partial charge on any atom is -0.383 e. The number of fused-ring (bicyclic) bond motifs is 1. The van der Waals surface area contributed by atoms with Gasteiger partial charge in [-0.3, -0.25) is 14.3 Å². The van der Waals surface area contributed by atoms with Gasteiger partial charge < -0.3 is 11.1 Å². The second-order valence-electron chi connectivity index (χ2n) is 8.35. The van der Waals surface area contributed by atoms with Crippen molar-refractivity contribution >= 4 is 28.6 Å². The fourth-order valence-corrected chi connectivity index (χ4v) is 4.16. The maximum atomic E-state index is 12.6. The Morgan fingerprint density at radius 3 is 2.32 bits per heavy atom. The lowest BCUT2D eigenvalue weighted by molar-refractivity contribution is 0.102. The number of nitrogens with zero attached hydrogens (tertiary/aromatic N) is 5. The molecule has 8 heteroatoms. The van der Waals surface area contributed by atoms with Crippen molar-refractivity contribution in [1.82, 2.24) is 24.5 Å². The van der Waals surface area contributed by atoms with Gasteiger partial charge >= 0.3 is 0 Å². The number of hydrogen-bond acceptors (Lipinski definition) is 6. The van der Waals surface area contributed by atoms with Crippen molar-refractivity contribution in [1.29, 1.82) is 0 Å². The van der Waals surface area contributed by atoms with Crippen molar-refractivity contribution in [3.8, 4) is 28.3 Å². The quantitative estimate of drug-likeness (QED) is 0.341. The Labute approximate surface area is 212 Å². The van der Waals surface area contributed by atoms with Gasteiger partial charge in [-0.15, -0.1) is 0 Å². The van der Waals surface area contributed by atoms with E-state index in [1.165, 1.54) is 0 Å². The Balaban J connectivity index is 1.45. The first-order valence-corrected chi connectivity index (χ1v) is 11.6. The molecule has 0 atom stereocenters. The molecule has 0 radical (unpaired) electrons. The highest BCUT2D eigenvalue weighted by molar-refractivity contribution is 6.04. The van der Waals surface area contributed by atoms with E-state index < -0.39 is 0 Å². The number of imidazole rings is 1. The van der Waals surface area contributed by atoms with Gasteiger partial charge in [-0.25, -0.2) is 15.0 Å². The third-order valence-corrected chi connectivity index (χ3v) is 5.98. The smallest absolute Gasteiger partial charge is 0.255 e. The average molecular weight is 484 g/mol. The Morgan fingerprint density at radius 2 is 1.57 bits per heavy atom. The molecule has 2 aromatic carbocycles. The van der Waals surface area contributed by atoms with Crippen molar-refractivity contribution in [3.05, 3.63) is 115 Å². The summed E-state index contributed by atoms with van der Waals surface area (Å²) in [7, 11) is 0. The number of amides is 1. The standard InChI is InChI=1S/C29H21N7O/c30-26-23(7-4-16-32-26)27-35-25-13-12-24(19-14-17-31-18-15-19)34-28(25)36(27)22-10-8-21(9-11-22)33-29(37)20-5-2-1-3-6-20/h1-18H,(H2,30,32)(H,33,37). The van der Waals surface area contributed by atoms with Crippen molar-refractivity contribution < 1.29 is 4.79 Å². The molecule has 0 saturated heterocycles. The molecule has 0 bridgehead atoms. The van der Waals surface area contributed by atoms with Crippen molar-refractivity contribution in [2.75, 3.05) is 11.1 Å². The van der Waals surface area contributed by atoms with Gasteiger partial charge in [-0.05, 0) is 72.8 Å². The van der Waals surface area contributed by atoms with E-state index in [1.807, 2.05) is 83.4 Å². The number of rotatable bonds is 5. The zero-order valence-electron chi connectivity index (χ0n) is 19.6. The summed E-state index contributed by atoms with van der Waals surface area (Å²) in [5.74, 6) is 0.829. The number of carbonyl (C=O) groups excluding carboxylic acids is 1. The Bertz CT molecular complexity index is 1710. The van der Waals surface area contributed by atoms with E-state index in [9.17, 15) is 4.79 Å². The van der Waals surface area contributed by atoms with Crippen LogP contribution >= 0.6 is 0 Å². The maximum Gasteiger partial charge on any atom is 0.255 e. The van der Waals surface area contributed by atoms with Crippen molar-refractivity contribution in [3.63, 3.8) is 0 Å². The second-order valence-corrected chi connectivity index (χ2v) is 8.35. The van der Waals surface area contributed by atoms with Gasteiger partial charge in [-0.2, -0.15) is 0 Å². The summed E-state index contributed by atoms with van der Waals surface area (Å²) >= 11 is 0. The summed E-state index contributed by atoms with van der Waals surface area (Å²) in [4.78, 5) is 30.8. The van der Waals surface area contributed by atoms with Crippen LogP contribution < -0.4 is 11.1 Å². The maximum absolute atomic E-state index is 12.6. The monoisotopic (exact) mass is 483 g/mol. The summed E-state index contributed by atoms with van der Waals surface area (Å²) in [5, 5.41) is 2.94. The fraction of sp³-hybridized carbons (Fsp3) is 0. The number of pyridine rings is 3. The summed E-state index contributed by atoms with van der Waals surface area (Å²) in [5.41, 5.74) is 12.2. The number of nitrogen functional groups attached to an aromatic ring is 1. The molecule has 0 spiro atoms. The van der Waals surface area contributed by atoms with Gasteiger partial charge in [0.1, 0.15) is 11.3 Å². The normalized spacial score (nSPS) is 10.9. The first kappa shape index (κ1) is 22.1. The fourth-order valence-electron chi connectivity index (χ4n) is 4.16. The summed E-state index contributed by atoms with van der Waals surface area (Å²) in [6.07, 6.45) is 5.13. The Kier molecular flexibility index (Phi) is 5.59. The molecule has 6 aromatic rings. The molecule has 1 amide bonds. The zero-order chi connectivity index (χ0) is 25.2. The van der Waals surface area contributed by atoms with Gasteiger partial charge in [0.15, 0.2) is 11.5 Å². The molecule has 4 aromatic heterocycles. The lowest BCUT2D eigenvalue weighted by Gasteiger charge is -2.12. The van der Waals surface area contributed by atoms with Crippen LogP contribution in [0, 0.1) is 0 Å². The highest BCUT2D eigenvalue weighted by atomic mass is 16.1. The highest BCUT2D eigenvalue weighted by Gasteiger charge is 2.19. The molecule has 0 aliphatic carbocycles. The molecule has 37 heavy (non-hydrogen) atoms. The van der Waals surface area contributed by atoms with Crippen LogP contribution in [0.25, 0.3) is 39.5 Å². The van der Waals surface area contributed by atoms with Gasteiger partial charge in [0.2, 0.25) is 0 Å². The highest BCUT2D eigenvalue weighted by Crippen LogP contribution is 2.32. The predicted molar refractivity (Wildman–Crippen MR) is 144 cm³/mol. The van der Waals surface area contributed by atoms with E-state index in [0.29, 0.717) is 34.1 Å². The molecule has 0 saturated carbocycles. The molecule has 178 valence electrons. The summed E-state index contributed by atoms with van der Waals surface area (Å²) < 4.78 is 1.95. The largest absolute Gasteiger partial charge is 0.383 e. The SMILES string of the molecule is Nc1ncccc1-c1nc2ccc(-c3ccncc3)nc2n1-c1ccc(NC(=O)c2ccccc2)cc1. The number of nitrogens with two attached hydrogens (primary N) is 1. The van der Waals surface area contributed by atoms with Gasteiger partial charge in [0.05, 0.1) is 11.3 Å².